The summed E-state index contributed by atoms with van der Waals surface area (Å²) in [4.78, 5) is 14.4. The highest BCUT2D eigenvalue weighted by Crippen LogP contribution is 2.33. The number of likely N-dealkylation sites (tertiary alicyclic amines) is 1. The molecule has 0 radical (unpaired) electrons. The Bertz CT molecular complexity index is 734. The normalized spacial score (nSPS) is 20.2. The van der Waals surface area contributed by atoms with Gasteiger partial charge in [-0.15, -0.1) is 0 Å². The maximum absolute atomic E-state index is 13.5. The molecule has 2 atom stereocenters. The molecule has 1 saturated heterocycles. The van der Waals surface area contributed by atoms with Gasteiger partial charge in [0.15, 0.2) is 0 Å². The number of rotatable bonds is 4. The van der Waals surface area contributed by atoms with Crippen LogP contribution < -0.4 is 4.74 Å². The van der Waals surface area contributed by atoms with Crippen molar-refractivity contribution in [3.8, 4) is 5.75 Å². The van der Waals surface area contributed by atoms with Crippen molar-refractivity contribution in [2.45, 2.75) is 25.0 Å². The Hall–Kier alpha value is -2.40. The fourth-order valence-corrected chi connectivity index (χ4v) is 3.23. The van der Waals surface area contributed by atoms with Gasteiger partial charge in [0.05, 0.1) is 25.7 Å². The van der Waals surface area contributed by atoms with Crippen molar-refractivity contribution in [3.05, 3.63) is 65.5 Å². The minimum Gasteiger partial charge on any atom is -0.496 e. The molecule has 0 aliphatic carbocycles. The molecule has 4 nitrogen and oxygen atoms in total. The lowest BCUT2D eigenvalue weighted by atomic mass is 10.0. The zero-order valence-electron chi connectivity index (χ0n) is 13.5. The molecule has 0 spiro atoms. The van der Waals surface area contributed by atoms with Crippen molar-refractivity contribution in [3.63, 3.8) is 0 Å². The molecule has 2 aromatic carbocycles. The van der Waals surface area contributed by atoms with Crippen molar-refractivity contribution in [1.82, 2.24) is 4.90 Å². The summed E-state index contributed by atoms with van der Waals surface area (Å²) in [6.07, 6.45) is 0.00353. The summed E-state index contributed by atoms with van der Waals surface area (Å²) in [5, 5.41) is 10.0. The fraction of sp³-hybridized carbons (Fsp3) is 0.316. The van der Waals surface area contributed by atoms with Gasteiger partial charge in [-0.1, -0.05) is 30.3 Å². The van der Waals surface area contributed by atoms with Crippen molar-refractivity contribution in [2.24, 2.45) is 0 Å². The number of halogens is 1. The summed E-state index contributed by atoms with van der Waals surface area (Å²) < 4.78 is 18.8. The van der Waals surface area contributed by atoms with Crippen LogP contribution in [-0.2, 0) is 11.2 Å². The van der Waals surface area contributed by atoms with Crippen LogP contribution in [0.5, 0.6) is 5.75 Å². The number of para-hydroxylation sites is 1. The number of methoxy groups -OCH3 is 1. The fourth-order valence-electron chi connectivity index (χ4n) is 3.23. The second-order valence-electron chi connectivity index (χ2n) is 6.00. The van der Waals surface area contributed by atoms with Gasteiger partial charge >= 0.3 is 0 Å². The highest BCUT2D eigenvalue weighted by molar-refractivity contribution is 5.80. The minimum atomic E-state index is -0.597. The molecule has 5 heteroatoms. The molecule has 1 aliphatic rings. The number of carbonyl (C=O) groups excluding carboxylic acids is 1. The predicted molar refractivity (Wildman–Crippen MR) is 88.2 cm³/mol. The van der Waals surface area contributed by atoms with Crippen LogP contribution in [0.25, 0.3) is 0 Å². The second-order valence-corrected chi connectivity index (χ2v) is 6.00. The van der Waals surface area contributed by atoms with Crippen LogP contribution in [-0.4, -0.2) is 35.7 Å². The zero-order valence-corrected chi connectivity index (χ0v) is 13.5. The summed E-state index contributed by atoms with van der Waals surface area (Å²) in [5.41, 5.74) is 1.50. The molecule has 2 aromatic rings. The number of nitrogens with zero attached hydrogens (tertiary/aromatic N) is 1. The number of aliphatic hydroxyl groups excluding tert-OH is 1. The topological polar surface area (TPSA) is 49.8 Å². The van der Waals surface area contributed by atoms with E-state index < -0.39 is 6.10 Å². The van der Waals surface area contributed by atoms with E-state index in [0.29, 0.717) is 17.7 Å². The predicted octanol–water partition coefficient (Wildman–Crippen LogP) is 2.71. The molecule has 1 amide bonds. The van der Waals surface area contributed by atoms with Crippen molar-refractivity contribution in [2.75, 3.05) is 13.7 Å². The van der Waals surface area contributed by atoms with E-state index in [1.807, 2.05) is 24.3 Å². The largest absolute Gasteiger partial charge is 0.496 e. The monoisotopic (exact) mass is 329 g/mol. The minimum absolute atomic E-state index is 0.106. The number of ether oxygens (including phenoxy) is 1. The van der Waals surface area contributed by atoms with E-state index in [2.05, 4.69) is 0 Å². The van der Waals surface area contributed by atoms with Gasteiger partial charge in [0, 0.05) is 12.1 Å². The van der Waals surface area contributed by atoms with Crippen LogP contribution in [0.1, 0.15) is 23.6 Å². The van der Waals surface area contributed by atoms with Crippen molar-refractivity contribution >= 4 is 5.91 Å². The van der Waals surface area contributed by atoms with E-state index in [1.165, 1.54) is 12.1 Å². The summed E-state index contributed by atoms with van der Waals surface area (Å²) >= 11 is 0. The van der Waals surface area contributed by atoms with Crippen molar-refractivity contribution < 1.29 is 19.0 Å². The highest BCUT2D eigenvalue weighted by atomic mass is 19.1. The molecule has 0 unspecified atom stereocenters. The summed E-state index contributed by atoms with van der Waals surface area (Å²) in [5.74, 6) is 0.212. The van der Waals surface area contributed by atoms with E-state index in [9.17, 15) is 14.3 Å². The van der Waals surface area contributed by atoms with Crippen LogP contribution in [0.2, 0.25) is 0 Å². The first-order chi connectivity index (χ1) is 11.6. The number of carbonyl (C=O) groups is 1. The lowest BCUT2D eigenvalue weighted by molar-refractivity contribution is -0.131. The van der Waals surface area contributed by atoms with Gasteiger partial charge in [-0.3, -0.25) is 4.79 Å². The Morgan fingerprint density at radius 1 is 1.29 bits per heavy atom. The molecule has 1 heterocycles. The van der Waals surface area contributed by atoms with Gasteiger partial charge in [0.25, 0.3) is 0 Å². The van der Waals surface area contributed by atoms with E-state index in [-0.39, 0.29) is 30.7 Å². The van der Waals surface area contributed by atoms with Crippen LogP contribution in [0.15, 0.2) is 48.5 Å². The van der Waals surface area contributed by atoms with Crippen molar-refractivity contribution in [1.29, 1.82) is 0 Å². The van der Waals surface area contributed by atoms with Gasteiger partial charge < -0.3 is 14.7 Å². The maximum atomic E-state index is 13.5. The molecular formula is C19H20FNO3. The molecule has 1 aliphatic heterocycles. The average Bonchev–Trinajstić information content (AvgIpc) is 2.97. The zero-order chi connectivity index (χ0) is 17.1. The van der Waals surface area contributed by atoms with E-state index in [1.54, 1.807) is 24.1 Å². The van der Waals surface area contributed by atoms with Gasteiger partial charge in [0.1, 0.15) is 11.6 Å². The van der Waals surface area contributed by atoms with E-state index in [4.69, 9.17) is 4.74 Å². The molecule has 1 N–H and O–H groups in total. The molecule has 24 heavy (non-hydrogen) atoms. The van der Waals surface area contributed by atoms with Crippen LogP contribution in [0.3, 0.4) is 0 Å². The number of aliphatic hydroxyl groups is 1. The molecule has 1 fully saturated rings. The van der Waals surface area contributed by atoms with Gasteiger partial charge in [-0.2, -0.15) is 0 Å². The smallest absolute Gasteiger partial charge is 0.227 e. The Morgan fingerprint density at radius 2 is 2.08 bits per heavy atom. The third kappa shape index (κ3) is 3.41. The highest BCUT2D eigenvalue weighted by Gasteiger charge is 2.35. The first-order valence-electron chi connectivity index (χ1n) is 7.93. The molecule has 3 rings (SSSR count). The number of amides is 1. The third-order valence-electron chi connectivity index (χ3n) is 4.37. The summed E-state index contributed by atoms with van der Waals surface area (Å²) in [6, 6.07) is 13.3. The van der Waals surface area contributed by atoms with Crippen LogP contribution in [0.4, 0.5) is 4.39 Å². The number of β-amino-alcohol motifs (C(OH)–C–C–N with tert-alkyl or cyclic N) is 1. The molecule has 126 valence electrons. The lowest BCUT2D eigenvalue weighted by Gasteiger charge is -2.25. The first-order valence-corrected chi connectivity index (χ1v) is 7.93. The van der Waals surface area contributed by atoms with Crippen LogP contribution in [0, 0.1) is 5.82 Å². The van der Waals surface area contributed by atoms with Gasteiger partial charge in [0.2, 0.25) is 5.91 Å². The van der Waals surface area contributed by atoms with Crippen LogP contribution >= 0.6 is 0 Å². The number of hydrogen-bond donors (Lipinski definition) is 1. The summed E-state index contributed by atoms with van der Waals surface area (Å²) in [6.45, 7) is 0.259. The second kappa shape index (κ2) is 7.01. The van der Waals surface area contributed by atoms with E-state index in [0.717, 1.165) is 5.56 Å². The van der Waals surface area contributed by atoms with Gasteiger partial charge in [-0.25, -0.2) is 4.39 Å². The molecule has 0 saturated carbocycles. The quantitative estimate of drug-likeness (QED) is 0.938. The molecule has 0 bridgehead atoms. The average molecular weight is 329 g/mol. The lowest BCUT2D eigenvalue weighted by Crippen LogP contribution is -2.33. The first kappa shape index (κ1) is 16.5. The SMILES string of the molecule is COc1ccccc1CC(=O)N1C[C@@H](O)C[C@H]1c1cccc(F)c1. The molecular weight excluding hydrogens is 309 g/mol. The van der Waals surface area contributed by atoms with Gasteiger partial charge in [-0.05, 0) is 30.2 Å². The number of hydrogen-bond acceptors (Lipinski definition) is 3. The Kier molecular flexibility index (Phi) is 4.81. The standard InChI is InChI=1S/C19H20FNO3/c1-24-18-8-3-2-5-14(18)10-19(23)21-12-16(22)11-17(21)13-6-4-7-15(20)9-13/h2-9,16-17,22H,10-12H2,1H3/t16-,17-/m0/s1. The molecule has 0 aromatic heterocycles. The number of benzene rings is 2. The third-order valence-corrected chi connectivity index (χ3v) is 4.37. The Balaban J connectivity index is 1.82. The Labute approximate surface area is 140 Å². The Morgan fingerprint density at radius 3 is 2.83 bits per heavy atom. The summed E-state index contributed by atoms with van der Waals surface area (Å²) in [7, 11) is 1.57. The maximum Gasteiger partial charge on any atom is 0.227 e. The van der Waals surface area contributed by atoms with E-state index >= 15 is 0 Å².